The maximum absolute atomic E-state index is 13.4. The van der Waals surface area contributed by atoms with Gasteiger partial charge < -0.3 is 15.5 Å². The first kappa shape index (κ1) is 21.9. The van der Waals surface area contributed by atoms with E-state index >= 15 is 0 Å². The number of aromatic nitrogens is 3. The lowest BCUT2D eigenvalue weighted by atomic mass is 10.0. The minimum atomic E-state index is -0.276. The summed E-state index contributed by atoms with van der Waals surface area (Å²) in [5, 5.41) is 11.4. The van der Waals surface area contributed by atoms with Gasteiger partial charge in [0.25, 0.3) is 5.91 Å². The van der Waals surface area contributed by atoms with Crippen molar-refractivity contribution in [3.05, 3.63) is 70.9 Å². The summed E-state index contributed by atoms with van der Waals surface area (Å²) in [6, 6.07) is 16.8. The predicted molar refractivity (Wildman–Crippen MR) is 133 cm³/mol. The molecule has 9 heteroatoms. The second kappa shape index (κ2) is 8.79. The smallest absolute Gasteiger partial charge is 0.256 e. The summed E-state index contributed by atoms with van der Waals surface area (Å²) in [5.41, 5.74) is 4.78. The number of carbonyl (C=O) groups excluding carboxylic acids is 2. The Kier molecular flexibility index (Phi) is 5.67. The Morgan fingerprint density at radius 2 is 1.94 bits per heavy atom. The topological polar surface area (TPSA) is 92.2 Å². The molecule has 2 aromatic carbocycles. The van der Waals surface area contributed by atoms with E-state index in [-0.39, 0.29) is 18.4 Å². The summed E-state index contributed by atoms with van der Waals surface area (Å²) in [6.07, 6.45) is 0. The molecule has 0 saturated carbocycles. The molecular weight excluding hydrogens is 452 g/mol. The molecule has 0 spiro atoms. The number of hydrogen-bond donors (Lipinski definition) is 2. The van der Waals surface area contributed by atoms with Crippen molar-refractivity contribution >= 4 is 45.8 Å². The number of halogens is 1. The number of anilines is 2. The third-order valence-electron chi connectivity index (χ3n) is 5.87. The lowest BCUT2D eigenvalue weighted by Crippen LogP contribution is -2.47. The van der Waals surface area contributed by atoms with Gasteiger partial charge in [-0.3, -0.25) is 14.3 Å². The predicted octanol–water partition coefficient (Wildman–Crippen LogP) is 3.79. The second-order valence-electron chi connectivity index (χ2n) is 8.22. The fraction of sp³-hybridized carbons (Fsp3) is 0.200. The molecular formula is C25H23ClN6O2. The van der Waals surface area contributed by atoms with E-state index in [0.717, 1.165) is 16.9 Å². The van der Waals surface area contributed by atoms with Crippen molar-refractivity contribution in [1.29, 1.82) is 0 Å². The van der Waals surface area contributed by atoms with Crippen molar-refractivity contribution in [2.24, 2.45) is 7.05 Å². The fourth-order valence-corrected chi connectivity index (χ4v) is 4.56. The quantitative estimate of drug-likeness (QED) is 0.469. The lowest BCUT2D eigenvalue weighted by molar-refractivity contribution is -0.120. The van der Waals surface area contributed by atoms with Crippen LogP contribution in [0.5, 0.6) is 0 Å². The average molecular weight is 475 g/mol. The lowest BCUT2D eigenvalue weighted by Gasteiger charge is -2.29. The van der Waals surface area contributed by atoms with Gasteiger partial charge in [0.1, 0.15) is 0 Å². The average Bonchev–Trinajstić information content (AvgIpc) is 3.12. The van der Waals surface area contributed by atoms with Crippen LogP contribution in [0.3, 0.4) is 0 Å². The van der Waals surface area contributed by atoms with Crippen molar-refractivity contribution in [1.82, 2.24) is 20.1 Å². The molecule has 8 nitrogen and oxygen atoms in total. The number of rotatable bonds is 4. The van der Waals surface area contributed by atoms with Gasteiger partial charge in [0, 0.05) is 31.4 Å². The molecule has 3 heterocycles. The van der Waals surface area contributed by atoms with Crippen LogP contribution >= 0.6 is 11.6 Å². The fourth-order valence-electron chi connectivity index (χ4n) is 4.26. The van der Waals surface area contributed by atoms with E-state index in [0.29, 0.717) is 46.1 Å². The molecule has 2 aromatic heterocycles. The SMILES string of the molecule is Cc1nn(C)c2nc(-c3ccccc3)cc(C(=O)Nc3ccc(N4CCNC(=O)C4)c(Cl)c3)c12. The summed E-state index contributed by atoms with van der Waals surface area (Å²) in [6.45, 7) is 3.36. The Hall–Kier alpha value is -3.91. The van der Waals surface area contributed by atoms with Crippen LogP contribution in [-0.4, -0.2) is 46.2 Å². The largest absolute Gasteiger partial charge is 0.359 e. The number of hydrogen-bond acceptors (Lipinski definition) is 5. The Balaban J connectivity index is 1.49. The highest BCUT2D eigenvalue weighted by atomic mass is 35.5. The monoisotopic (exact) mass is 474 g/mol. The number of nitrogens with one attached hydrogen (secondary N) is 2. The Bertz CT molecular complexity index is 1420. The Morgan fingerprint density at radius 3 is 2.68 bits per heavy atom. The highest BCUT2D eigenvalue weighted by Gasteiger charge is 2.21. The number of benzene rings is 2. The first-order chi connectivity index (χ1) is 16.4. The summed E-state index contributed by atoms with van der Waals surface area (Å²) in [7, 11) is 1.82. The van der Waals surface area contributed by atoms with Gasteiger partial charge in [0.05, 0.1) is 39.6 Å². The number of pyridine rings is 1. The molecule has 0 unspecified atom stereocenters. The maximum Gasteiger partial charge on any atom is 0.256 e. The molecule has 0 bridgehead atoms. The van der Waals surface area contributed by atoms with Crippen LogP contribution in [0.1, 0.15) is 16.1 Å². The van der Waals surface area contributed by atoms with Crippen LogP contribution in [0.25, 0.3) is 22.3 Å². The molecule has 0 radical (unpaired) electrons. The Morgan fingerprint density at radius 1 is 1.15 bits per heavy atom. The molecule has 1 fully saturated rings. The molecule has 1 aliphatic heterocycles. The van der Waals surface area contributed by atoms with E-state index in [1.807, 2.05) is 55.3 Å². The molecule has 34 heavy (non-hydrogen) atoms. The molecule has 0 aliphatic carbocycles. The van der Waals surface area contributed by atoms with E-state index in [2.05, 4.69) is 15.7 Å². The third kappa shape index (κ3) is 4.08. The van der Waals surface area contributed by atoms with Crippen molar-refractivity contribution in [2.75, 3.05) is 29.9 Å². The van der Waals surface area contributed by atoms with Crippen molar-refractivity contribution < 1.29 is 9.59 Å². The van der Waals surface area contributed by atoms with Crippen LogP contribution in [-0.2, 0) is 11.8 Å². The molecule has 2 amide bonds. The Labute approximate surface area is 201 Å². The van der Waals surface area contributed by atoms with Gasteiger partial charge in [-0.2, -0.15) is 5.10 Å². The molecule has 4 aromatic rings. The van der Waals surface area contributed by atoms with Gasteiger partial charge in [0.15, 0.2) is 5.65 Å². The standard InChI is InChI=1S/C25H23ClN6O2/c1-15-23-18(13-20(16-6-4-3-5-7-16)29-24(23)31(2)30-15)25(34)28-17-8-9-21(19(26)12-17)32-11-10-27-22(33)14-32/h3-9,12-13H,10-11,14H2,1-2H3,(H,27,33)(H,28,34). The van der Waals surface area contributed by atoms with E-state index in [1.165, 1.54) is 0 Å². The minimum absolute atomic E-state index is 0.0394. The highest BCUT2D eigenvalue weighted by molar-refractivity contribution is 6.33. The molecule has 0 atom stereocenters. The van der Waals surface area contributed by atoms with Gasteiger partial charge >= 0.3 is 0 Å². The summed E-state index contributed by atoms with van der Waals surface area (Å²) >= 11 is 6.52. The van der Waals surface area contributed by atoms with E-state index in [1.54, 1.807) is 22.9 Å². The van der Waals surface area contributed by atoms with Crippen molar-refractivity contribution in [3.63, 3.8) is 0 Å². The normalized spacial score (nSPS) is 13.7. The number of aryl methyl sites for hydroxylation is 2. The van der Waals surface area contributed by atoms with Crippen LogP contribution in [0.2, 0.25) is 5.02 Å². The van der Waals surface area contributed by atoms with Crippen LogP contribution in [0.4, 0.5) is 11.4 Å². The zero-order chi connectivity index (χ0) is 23.8. The summed E-state index contributed by atoms with van der Waals surface area (Å²) in [4.78, 5) is 31.8. The number of nitrogens with zero attached hydrogens (tertiary/aromatic N) is 4. The number of amides is 2. The van der Waals surface area contributed by atoms with Gasteiger partial charge in [-0.05, 0) is 31.2 Å². The number of piperazine rings is 1. The van der Waals surface area contributed by atoms with Crippen molar-refractivity contribution in [2.45, 2.75) is 6.92 Å². The highest BCUT2D eigenvalue weighted by Crippen LogP contribution is 2.31. The zero-order valence-electron chi connectivity index (χ0n) is 18.8. The third-order valence-corrected chi connectivity index (χ3v) is 6.17. The second-order valence-corrected chi connectivity index (χ2v) is 8.63. The van der Waals surface area contributed by atoms with Gasteiger partial charge in [-0.25, -0.2) is 4.98 Å². The molecule has 2 N–H and O–H groups in total. The van der Waals surface area contributed by atoms with Crippen LogP contribution in [0, 0.1) is 6.92 Å². The summed E-state index contributed by atoms with van der Waals surface area (Å²) < 4.78 is 1.69. The van der Waals surface area contributed by atoms with E-state index < -0.39 is 0 Å². The van der Waals surface area contributed by atoms with E-state index in [4.69, 9.17) is 16.6 Å². The van der Waals surface area contributed by atoms with Crippen molar-refractivity contribution in [3.8, 4) is 11.3 Å². The van der Waals surface area contributed by atoms with Gasteiger partial charge in [0.2, 0.25) is 5.91 Å². The summed E-state index contributed by atoms with van der Waals surface area (Å²) in [5.74, 6) is -0.315. The van der Waals surface area contributed by atoms with Gasteiger partial charge in [-0.15, -0.1) is 0 Å². The first-order valence-electron chi connectivity index (χ1n) is 10.9. The minimum Gasteiger partial charge on any atom is -0.359 e. The number of carbonyl (C=O) groups is 2. The van der Waals surface area contributed by atoms with Gasteiger partial charge in [-0.1, -0.05) is 41.9 Å². The zero-order valence-corrected chi connectivity index (χ0v) is 19.6. The molecule has 1 aliphatic rings. The molecule has 1 saturated heterocycles. The maximum atomic E-state index is 13.4. The molecule has 5 rings (SSSR count). The number of fused-ring (bicyclic) bond motifs is 1. The van der Waals surface area contributed by atoms with E-state index in [9.17, 15) is 9.59 Å². The van der Waals surface area contributed by atoms with Crippen LogP contribution in [0.15, 0.2) is 54.6 Å². The first-order valence-corrected chi connectivity index (χ1v) is 11.3. The van der Waals surface area contributed by atoms with Crippen LogP contribution < -0.4 is 15.5 Å². The molecule has 172 valence electrons.